The molecule has 7 nitrogen and oxygen atoms in total. The zero-order valence-electron chi connectivity index (χ0n) is 15.1. The molecule has 0 atom stereocenters. The summed E-state index contributed by atoms with van der Waals surface area (Å²) in [6.45, 7) is 0. The van der Waals surface area contributed by atoms with Gasteiger partial charge in [0.1, 0.15) is 11.3 Å². The zero-order valence-corrected chi connectivity index (χ0v) is 15.9. The lowest BCUT2D eigenvalue weighted by atomic mass is 10.1. The quantitative estimate of drug-likeness (QED) is 0.660. The molecule has 2 N–H and O–H groups in total. The Labute approximate surface area is 171 Å². The largest absolute Gasteiger partial charge is 0.493 e. The summed E-state index contributed by atoms with van der Waals surface area (Å²) in [6, 6.07) is 6.46. The molecule has 0 radical (unpaired) electrons. The number of thioether (sulfide) groups is 1. The van der Waals surface area contributed by atoms with Gasteiger partial charge < -0.3 is 14.6 Å². The van der Waals surface area contributed by atoms with Crippen molar-refractivity contribution < 1.29 is 42.1 Å². The summed E-state index contributed by atoms with van der Waals surface area (Å²) in [7, 11) is 1.31. The molecule has 156 valence electrons. The Morgan fingerprint density at radius 2 is 1.80 bits per heavy atom. The maximum absolute atomic E-state index is 12.9. The second-order valence-corrected chi connectivity index (χ2v) is 6.89. The predicted octanol–water partition coefficient (Wildman–Crippen LogP) is 4.53. The number of halogens is 3. The van der Waals surface area contributed by atoms with E-state index in [0.29, 0.717) is 17.7 Å². The topological polar surface area (TPSA) is 102 Å². The van der Waals surface area contributed by atoms with Crippen LogP contribution in [0.3, 0.4) is 0 Å². The van der Waals surface area contributed by atoms with Gasteiger partial charge in [-0.25, -0.2) is 4.79 Å². The summed E-state index contributed by atoms with van der Waals surface area (Å²) in [5.74, 6) is -2.27. The van der Waals surface area contributed by atoms with E-state index < -0.39 is 34.4 Å². The molecule has 1 saturated heterocycles. The molecule has 0 bridgehead atoms. The molecule has 1 heterocycles. The van der Waals surface area contributed by atoms with Crippen molar-refractivity contribution in [3.05, 3.63) is 58.0 Å². The fraction of sp³-hybridized carbons (Fsp3) is 0.105. The van der Waals surface area contributed by atoms with E-state index in [-0.39, 0.29) is 22.2 Å². The number of rotatable bonds is 5. The average molecular weight is 439 g/mol. The van der Waals surface area contributed by atoms with Gasteiger partial charge in [-0.3, -0.25) is 14.9 Å². The fourth-order valence-electron chi connectivity index (χ4n) is 2.51. The van der Waals surface area contributed by atoms with Crippen molar-refractivity contribution in [3.8, 4) is 17.2 Å². The van der Waals surface area contributed by atoms with Crippen molar-refractivity contribution in [1.29, 1.82) is 0 Å². The third-order valence-electron chi connectivity index (χ3n) is 3.88. The number of methoxy groups -OCH3 is 1. The molecule has 0 aromatic heterocycles. The van der Waals surface area contributed by atoms with Gasteiger partial charge in [0.2, 0.25) is 0 Å². The molecule has 1 aliphatic heterocycles. The van der Waals surface area contributed by atoms with Gasteiger partial charge >= 0.3 is 12.1 Å². The highest BCUT2D eigenvalue weighted by molar-refractivity contribution is 8.18. The lowest BCUT2D eigenvalue weighted by Crippen LogP contribution is -2.17. The number of hydrogen-bond donors (Lipinski definition) is 2. The SMILES string of the molecule is COc1cc(C=C2SC(=O)NC2=O)ccc1Oc1ccc(C(F)(F)F)cc1C(=O)O. The maximum Gasteiger partial charge on any atom is 0.416 e. The first-order chi connectivity index (χ1) is 14.1. The van der Waals surface area contributed by atoms with Gasteiger partial charge in [-0.2, -0.15) is 13.2 Å². The highest BCUT2D eigenvalue weighted by Crippen LogP contribution is 2.38. The standard InChI is InChI=1S/C19H12F3NO6S/c1-28-14-6-9(7-15-16(24)23-18(27)30-15)2-4-13(14)29-12-5-3-10(19(20,21)22)8-11(12)17(25)26/h2-8H,1H3,(H,25,26)(H,23,24,27). The minimum absolute atomic E-state index is 0.0431. The second-order valence-electron chi connectivity index (χ2n) is 5.88. The van der Waals surface area contributed by atoms with Crippen LogP contribution in [0.4, 0.5) is 18.0 Å². The first kappa shape index (κ1) is 21.2. The van der Waals surface area contributed by atoms with Crippen LogP contribution in [0.1, 0.15) is 21.5 Å². The van der Waals surface area contributed by atoms with Crippen molar-refractivity contribution in [2.24, 2.45) is 0 Å². The Kier molecular flexibility index (Phi) is 5.74. The van der Waals surface area contributed by atoms with E-state index in [1.54, 1.807) is 0 Å². The van der Waals surface area contributed by atoms with Gasteiger partial charge in [-0.15, -0.1) is 0 Å². The Hall–Kier alpha value is -3.47. The van der Waals surface area contributed by atoms with Gasteiger partial charge in [0.15, 0.2) is 11.5 Å². The van der Waals surface area contributed by atoms with Crippen LogP contribution in [0, 0.1) is 0 Å². The number of imide groups is 1. The highest BCUT2D eigenvalue weighted by Gasteiger charge is 2.32. The molecule has 0 unspecified atom stereocenters. The molecule has 1 aliphatic rings. The molecular weight excluding hydrogens is 427 g/mol. The molecule has 2 aromatic carbocycles. The Balaban J connectivity index is 1.94. The van der Waals surface area contributed by atoms with Crippen molar-refractivity contribution in [1.82, 2.24) is 5.32 Å². The smallest absolute Gasteiger partial charge is 0.416 e. The predicted molar refractivity (Wildman–Crippen MR) is 101 cm³/mol. The summed E-state index contributed by atoms with van der Waals surface area (Å²) in [5, 5.41) is 10.9. The number of aromatic carboxylic acids is 1. The van der Waals surface area contributed by atoms with Crippen molar-refractivity contribution in [2.45, 2.75) is 6.18 Å². The van der Waals surface area contributed by atoms with Crippen molar-refractivity contribution >= 4 is 35.0 Å². The van der Waals surface area contributed by atoms with E-state index in [0.717, 1.165) is 17.8 Å². The van der Waals surface area contributed by atoms with Crippen LogP contribution in [0.25, 0.3) is 6.08 Å². The number of benzene rings is 2. The number of carbonyl (C=O) groups is 3. The third-order valence-corrected chi connectivity index (χ3v) is 4.70. The molecule has 2 amide bonds. The van der Waals surface area contributed by atoms with Crippen molar-refractivity contribution in [3.63, 3.8) is 0 Å². The lowest BCUT2D eigenvalue weighted by Gasteiger charge is -2.14. The van der Waals surface area contributed by atoms with Gasteiger partial charge in [-0.05, 0) is 53.7 Å². The molecule has 0 aliphatic carbocycles. The molecule has 0 spiro atoms. The lowest BCUT2D eigenvalue weighted by molar-refractivity contribution is -0.137. The molecule has 3 rings (SSSR count). The van der Waals surface area contributed by atoms with Crippen LogP contribution < -0.4 is 14.8 Å². The molecule has 11 heteroatoms. The fourth-order valence-corrected chi connectivity index (χ4v) is 3.19. The van der Waals surface area contributed by atoms with Crippen LogP contribution >= 0.6 is 11.8 Å². The second kappa shape index (κ2) is 8.11. The van der Waals surface area contributed by atoms with Crippen LogP contribution in [0.15, 0.2) is 41.3 Å². The van der Waals surface area contributed by atoms with Gasteiger partial charge in [0, 0.05) is 0 Å². The summed E-state index contributed by atoms with van der Waals surface area (Å²) < 4.78 is 49.3. The molecule has 30 heavy (non-hydrogen) atoms. The summed E-state index contributed by atoms with van der Waals surface area (Å²) in [6.07, 6.45) is -3.26. The van der Waals surface area contributed by atoms with Gasteiger partial charge in [0.25, 0.3) is 11.1 Å². The molecular formula is C19H12F3NO6S. The van der Waals surface area contributed by atoms with E-state index >= 15 is 0 Å². The van der Waals surface area contributed by atoms with Crippen LogP contribution in [0.5, 0.6) is 17.2 Å². The van der Waals surface area contributed by atoms with Crippen molar-refractivity contribution in [2.75, 3.05) is 7.11 Å². The normalized spacial score (nSPS) is 15.3. The number of carboxylic acids is 1. The summed E-state index contributed by atoms with van der Waals surface area (Å²) in [5.41, 5.74) is -1.31. The number of amides is 2. The Bertz CT molecular complexity index is 1080. The number of carbonyl (C=O) groups excluding carboxylic acids is 2. The summed E-state index contributed by atoms with van der Waals surface area (Å²) in [4.78, 5) is 34.4. The minimum atomic E-state index is -4.71. The molecule has 1 fully saturated rings. The minimum Gasteiger partial charge on any atom is -0.493 e. The van der Waals surface area contributed by atoms with Gasteiger partial charge in [0.05, 0.1) is 17.6 Å². The average Bonchev–Trinajstić information content (AvgIpc) is 2.98. The van der Waals surface area contributed by atoms with E-state index in [1.807, 2.05) is 0 Å². The highest BCUT2D eigenvalue weighted by atomic mass is 32.2. The number of nitrogens with one attached hydrogen (secondary N) is 1. The number of alkyl halides is 3. The monoisotopic (exact) mass is 439 g/mol. The Morgan fingerprint density at radius 1 is 1.10 bits per heavy atom. The third kappa shape index (κ3) is 4.57. The van der Waals surface area contributed by atoms with E-state index in [4.69, 9.17) is 9.47 Å². The molecule has 2 aromatic rings. The summed E-state index contributed by atoms with van der Waals surface area (Å²) >= 11 is 0.730. The van der Waals surface area contributed by atoms with Crippen LogP contribution in [-0.2, 0) is 11.0 Å². The number of carboxylic acid groups (broad SMARTS) is 1. The van der Waals surface area contributed by atoms with E-state index in [1.165, 1.54) is 31.4 Å². The van der Waals surface area contributed by atoms with Gasteiger partial charge in [-0.1, -0.05) is 6.07 Å². The maximum atomic E-state index is 12.9. The van der Waals surface area contributed by atoms with E-state index in [2.05, 4.69) is 5.32 Å². The first-order valence-corrected chi connectivity index (χ1v) is 8.95. The number of ether oxygens (including phenoxy) is 2. The zero-order chi connectivity index (χ0) is 22.1. The van der Waals surface area contributed by atoms with E-state index in [9.17, 15) is 32.7 Å². The Morgan fingerprint density at radius 3 is 2.37 bits per heavy atom. The molecule has 0 saturated carbocycles. The van der Waals surface area contributed by atoms with Crippen LogP contribution in [-0.4, -0.2) is 29.3 Å². The van der Waals surface area contributed by atoms with Crippen LogP contribution in [0.2, 0.25) is 0 Å². The first-order valence-electron chi connectivity index (χ1n) is 8.14. The number of hydrogen-bond acceptors (Lipinski definition) is 6.